The molecule has 4 rings (SSSR count). The highest BCUT2D eigenvalue weighted by Crippen LogP contribution is 2.40. The molecule has 158 valence electrons. The second-order valence-electron chi connectivity index (χ2n) is 6.91. The lowest BCUT2D eigenvalue weighted by atomic mass is 9.96. The first-order chi connectivity index (χ1) is 14.7. The maximum absolute atomic E-state index is 13.1. The number of likely N-dealkylation sites (tertiary alicyclic amines) is 1. The van der Waals surface area contributed by atoms with Gasteiger partial charge in [0.25, 0.3) is 11.8 Å². The third-order valence-electron chi connectivity index (χ3n) is 5.27. The summed E-state index contributed by atoms with van der Waals surface area (Å²) in [6, 6.07) is 5.18. The first-order valence-corrected chi connectivity index (χ1v) is 9.60. The Bertz CT molecular complexity index is 1010. The maximum atomic E-state index is 13.1. The number of nitrogens with zero attached hydrogens (tertiary/aromatic N) is 3. The normalized spacial score (nSPS) is 14.6. The number of hydrogen-bond acceptors (Lipinski definition) is 8. The highest BCUT2D eigenvalue weighted by atomic mass is 16.5. The molecular weight excluding hydrogens is 390 g/mol. The van der Waals surface area contributed by atoms with Gasteiger partial charge in [-0.05, 0) is 31.0 Å². The first-order valence-electron chi connectivity index (χ1n) is 9.60. The third kappa shape index (κ3) is 3.58. The zero-order valence-electron chi connectivity index (χ0n) is 17.1. The standard InChI is InChI=1S/C21H23N3O6/c1-26-16-5-4-15(17(27-2)18(16)28-3)21(25)24-9-6-13(7-10-24)19-22-23-20(30-19)14-8-11-29-12-14/h4-5,8,11-13H,6-7,9-10H2,1-3H3. The van der Waals surface area contributed by atoms with Crippen LogP contribution in [-0.4, -0.2) is 55.4 Å². The molecule has 3 heterocycles. The van der Waals surface area contributed by atoms with Crippen LogP contribution in [0.5, 0.6) is 17.2 Å². The van der Waals surface area contributed by atoms with Crippen LogP contribution in [0, 0.1) is 0 Å². The molecule has 0 aliphatic carbocycles. The van der Waals surface area contributed by atoms with E-state index in [2.05, 4.69) is 10.2 Å². The number of methoxy groups -OCH3 is 3. The molecule has 1 aromatic carbocycles. The highest BCUT2D eigenvalue weighted by molar-refractivity contribution is 5.98. The molecule has 30 heavy (non-hydrogen) atoms. The number of aromatic nitrogens is 2. The number of rotatable bonds is 6. The van der Waals surface area contributed by atoms with Gasteiger partial charge < -0.3 is 27.9 Å². The van der Waals surface area contributed by atoms with E-state index in [4.69, 9.17) is 23.0 Å². The van der Waals surface area contributed by atoms with E-state index in [9.17, 15) is 4.79 Å². The number of piperidine rings is 1. The summed E-state index contributed by atoms with van der Waals surface area (Å²) < 4.78 is 27.0. The quantitative estimate of drug-likeness (QED) is 0.606. The van der Waals surface area contributed by atoms with Crippen molar-refractivity contribution < 1.29 is 27.8 Å². The van der Waals surface area contributed by atoms with Crippen LogP contribution in [0.1, 0.15) is 35.0 Å². The van der Waals surface area contributed by atoms with Crippen molar-refractivity contribution in [2.45, 2.75) is 18.8 Å². The molecule has 1 aliphatic rings. The molecule has 9 heteroatoms. The number of benzene rings is 1. The van der Waals surface area contributed by atoms with Gasteiger partial charge >= 0.3 is 0 Å². The van der Waals surface area contributed by atoms with Crippen molar-refractivity contribution in [3.63, 3.8) is 0 Å². The van der Waals surface area contributed by atoms with Crippen LogP contribution < -0.4 is 14.2 Å². The number of furan rings is 1. The van der Waals surface area contributed by atoms with Gasteiger partial charge in [-0.2, -0.15) is 0 Å². The van der Waals surface area contributed by atoms with E-state index in [1.165, 1.54) is 14.2 Å². The highest BCUT2D eigenvalue weighted by Gasteiger charge is 2.30. The Hall–Kier alpha value is -3.49. The van der Waals surface area contributed by atoms with Crippen LogP contribution in [0.25, 0.3) is 11.5 Å². The van der Waals surface area contributed by atoms with Crippen molar-refractivity contribution in [3.8, 4) is 28.7 Å². The average Bonchev–Trinajstić information content (AvgIpc) is 3.49. The van der Waals surface area contributed by atoms with Crippen molar-refractivity contribution in [2.75, 3.05) is 34.4 Å². The molecule has 2 aromatic heterocycles. The van der Waals surface area contributed by atoms with E-state index in [0.717, 1.165) is 18.4 Å². The second-order valence-corrected chi connectivity index (χ2v) is 6.91. The average molecular weight is 413 g/mol. The fourth-order valence-electron chi connectivity index (χ4n) is 3.67. The zero-order valence-corrected chi connectivity index (χ0v) is 17.1. The molecule has 9 nitrogen and oxygen atoms in total. The van der Waals surface area contributed by atoms with Crippen LogP contribution in [0.3, 0.4) is 0 Å². The van der Waals surface area contributed by atoms with Crippen LogP contribution in [0.4, 0.5) is 0 Å². The summed E-state index contributed by atoms with van der Waals surface area (Å²) in [5, 5.41) is 8.28. The maximum Gasteiger partial charge on any atom is 0.257 e. The van der Waals surface area contributed by atoms with Crippen molar-refractivity contribution in [2.24, 2.45) is 0 Å². The Morgan fingerprint density at radius 3 is 2.43 bits per heavy atom. The van der Waals surface area contributed by atoms with E-state index in [-0.39, 0.29) is 11.8 Å². The predicted octanol–water partition coefficient (Wildman–Crippen LogP) is 3.38. The SMILES string of the molecule is COc1ccc(C(=O)N2CCC(c3nnc(-c4ccoc4)o3)CC2)c(OC)c1OC. The van der Waals surface area contributed by atoms with E-state index < -0.39 is 0 Å². The van der Waals surface area contributed by atoms with Gasteiger partial charge in [-0.25, -0.2) is 0 Å². The number of ether oxygens (including phenoxy) is 3. The zero-order chi connectivity index (χ0) is 21.1. The fraction of sp³-hybridized carbons (Fsp3) is 0.381. The summed E-state index contributed by atoms with van der Waals surface area (Å²) >= 11 is 0. The lowest BCUT2D eigenvalue weighted by Crippen LogP contribution is -2.38. The summed E-state index contributed by atoms with van der Waals surface area (Å²) in [6.07, 6.45) is 4.59. The topological polar surface area (TPSA) is 100 Å². The minimum atomic E-state index is -0.115. The van der Waals surface area contributed by atoms with Gasteiger partial charge in [0, 0.05) is 19.0 Å². The van der Waals surface area contributed by atoms with Crippen LogP contribution in [0.15, 0.2) is 39.6 Å². The molecule has 0 unspecified atom stereocenters. The Morgan fingerprint density at radius 2 is 1.80 bits per heavy atom. The largest absolute Gasteiger partial charge is 0.493 e. The van der Waals surface area contributed by atoms with Crippen molar-refractivity contribution >= 4 is 5.91 Å². The molecular formula is C21H23N3O6. The Morgan fingerprint density at radius 1 is 1.03 bits per heavy atom. The van der Waals surface area contributed by atoms with Crippen molar-refractivity contribution in [1.82, 2.24) is 15.1 Å². The van der Waals surface area contributed by atoms with Crippen molar-refractivity contribution in [3.05, 3.63) is 42.2 Å². The van der Waals surface area contributed by atoms with E-state index in [1.807, 2.05) is 0 Å². The van der Waals surface area contributed by atoms with E-state index in [1.54, 1.807) is 42.7 Å². The minimum Gasteiger partial charge on any atom is -0.493 e. The molecule has 0 spiro atoms. The first kappa shape index (κ1) is 19.8. The fourth-order valence-corrected chi connectivity index (χ4v) is 3.67. The Labute approximate surface area is 173 Å². The van der Waals surface area contributed by atoms with Crippen LogP contribution >= 0.6 is 0 Å². The monoisotopic (exact) mass is 413 g/mol. The van der Waals surface area contributed by atoms with Crippen LogP contribution in [-0.2, 0) is 0 Å². The number of carbonyl (C=O) groups excluding carboxylic acids is 1. The smallest absolute Gasteiger partial charge is 0.257 e. The number of carbonyl (C=O) groups is 1. The van der Waals surface area contributed by atoms with Gasteiger partial charge in [0.05, 0.1) is 38.7 Å². The van der Waals surface area contributed by atoms with Gasteiger partial charge in [-0.3, -0.25) is 4.79 Å². The van der Waals surface area contributed by atoms with Gasteiger partial charge in [0.1, 0.15) is 6.26 Å². The molecule has 0 radical (unpaired) electrons. The lowest BCUT2D eigenvalue weighted by Gasteiger charge is -2.31. The molecule has 1 aliphatic heterocycles. The summed E-state index contributed by atoms with van der Waals surface area (Å²) in [4.78, 5) is 14.9. The molecule has 1 fully saturated rings. The Balaban J connectivity index is 1.46. The van der Waals surface area contributed by atoms with Gasteiger partial charge in [0.2, 0.25) is 11.6 Å². The Kier molecular flexibility index (Phi) is 5.60. The molecule has 1 saturated heterocycles. The molecule has 0 atom stereocenters. The molecule has 3 aromatic rings. The third-order valence-corrected chi connectivity index (χ3v) is 5.27. The summed E-state index contributed by atoms with van der Waals surface area (Å²) in [7, 11) is 4.56. The van der Waals surface area contributed by atoms with Crippen molar-refractivity contribution in [1.29, 1.82) is 0 Å². The van der Waals surface area contributed by atoms with Crippen LogP contribution in [0.2, 0.25) is 0 Å². The van der Waals surface area contributed by atoms with Gasteiger partial charge in [0.15, 0.2) is 11.5 Å². The number of hydrogen-bond donors (Lipinski definition) is 0. The van der Waals surface area contributed by atoms with E-state index in [0.29, 0.717) is 47.7 Å². The van der Waals surface area contributed by atoms with Gasteiger partial charge in [-0.1, -0.05) is 0 Å². The summed E-state index contributed by atoms with van der Waals surface area (Å²) in [5.41, 5.74) is 1.19. The number of amides is 1. The second kappa shape index (κ2) is 8.48. The predicted molar refractivity (Wildman–Crippen MR) is 106 cm³/mol. The lowest BCUT2D eigenvalue weighted by molar-refractivity contribution is 0.0702. The summed E-state index contributed by atoms with van der Waals surface area (Å²) in [5.74, 6) is 2.29. The minimum absolute atomic E-state index is 0.106. The van der Waals surface area contributed by atoms with E-state index >= 15 is 0 Å². The molecule has 0 bridgehead atoms. The summed E-state index contributed by atoms with van der Waals surface area (Å²) in [6.45, 7) is 1.15. The molecule has 1 amide bonds. The molecule has 0 N–H and O–H groups in total. The molecule has 0 saturated carbocycles. The van der Waals surface area contributed by atoms with Gasteiger partial charge in [-0.15, -0.1) is 10.2 Å².